The number of benzene rings is 2. The van der Waals surface area contributed by atoms with Crippen molar-refractivity contribution >= 4 is 15.9 Å². The normalized spacial score (nSPS) is 18.4. The second-order valence-electron chi connectivity index (χ2n) is 5.20. The predicted molar refractivity (Wildman–Crippen MR) is 85.1 cm³/mol. The van der Waals surface area contributed by atoms with Crippen LogP contribution in [0.25, 0.3) is 0 Å². The number of ether oxygens (including phenoxy) is 1. The van der Waals surface area contributed by atoms with Gasteiger partial charge in [-0.05, 0) is 30.2 Å². The molecular weight excluding hydrogens is 314 g/mol. The molecule has 20 heavy (non-hydrogen) atoms. The Kier molecular flexibility index (Phi) is 4.08. The quantitative estimate of drug-likeness (QED) is 0.910. The Morgan fingerprint density at radius 3 is 2.75 bits per heavy atom. The van der Waals surface area contributed by atoms with Crippen molar-refractivity contribution in [3.63, 3.8) is 0 Å². The molecule has 1 unspecified atom stereocenters. The lowest BCUT2D eigenvalue weighted by atomic mass is 10.1. The van der Waals surface area contributed by atoms with Gasteiger partial charge in [-0.3, -0.25) is 0 Å². The minimum atomic E-state index is 0.234. The van der Waals surface area contributed by atoms with Crippen LogP contribution in [0.3, 0.4) is 0 Å². The minimum Gasteiger partial charge on any atom is -0.488 e. The number of nitrogens with one attached hydrogen (secondary N) is 1. The molecule has 0 saturated carbocycles. The van der Waals surface area contributed by atoms with E-state index in [2.05, 4.69) is 58.5 Å². The number of rotatable bonds is 4. The van der Waals surface area contributed by atoms with E-state index >= 15 is 0 Å². The first-order chi connectivity index (χ1) is 9.74. The van der Waals surface area contributed by atoms with Crippen LogP contribution in [0.5, 0.6) is 5.75 Å². The molecule has 104 valence electrons. The SMILES string of the molecule is C[C@H](NCC1Cc2ccccc2O1)c1ccccc1Br. The Bertz CT molecular complexity index is 574. The molecule has 2 aromatic rings. The molecule has 0 radical (unpaired) electrons. The number of hydrogen-bond donors (Lipinski definition) is 1. The molecule has 0 bridgehead atoms. The van der Waals surface area contributed by atoms with Gasteiger partial charge in [0.15, 0.2) is 0 Å². The Morgan fingerprint density at radius 1 is 1.20 bits per heavy atom. The summed E-state index contributed by atoms with van der Waals surface area (Å²) in [6.07, 6.45) is 1.23. The summed E-state index contributed by atoms with van der Waals surface area (Å²) < 4.78 is 7.10. The summed E-state index contributed by atoms with van der Waals surface area (Å²) >= 11 is 3.60. The van der Waals surface area contributed by atoms with Crippen LogP contribution in [0.4, 0.5) is 0 Å². The fourth-order valence-corrected chi connectivity index (χ4v) is 3.24. The van der Waals surface area contributed by atoms with Gasteiger partial charge in [0.2, 0.25) is 0 Å². The molecule has 1 aliphatic heterocycles. The molecule has 0 aromatic heterocycles. The van der Waals surface area contributed by atoms with Gasteiger partial charge in [-0.2, -0.15) is 0 Å². The molecule has 0 amide bonds. The molecule has 3 rings (SSSR count). The van der Waals surface area contributed by atoms with Gasteiger partial charge in [0.1, 0.15) is 11.9 Å². The van der Waals surface area contributed by atoms with E-state index in [0.717, 1.165) is 23.2 Å². The van der Waals surface area contributed by atoms with Crippen LogP contribution >= 0.6 is 15.9 Å². The van der Waals surface area contributed by atoms with Crippen LogP contribution in [0, 0.1) is 0 Å². The molecule has 1 N–H and O–H groups in total. The maximum Gasteiger partial charge on any atom is 0.123 e. The summed E-state index contributed by atoms with van der Waals surface area (Å²) in [4.78, 5) is 0. The van der Waals surface area contributed by atoms with Crippen molar-refractivity contribution in [2.24, 2.45) is 0 Å². The third-order valence-electron chi connectivity index (χ3n) is 3.74. The summed E-state index contributed by atoms with van der Waals surface area (Å²) in [6.45, 7) is 3.04. The lowest BCUT2D eigenvalue weighted by Crippen LogP contribution is -2.32. The Balaban J connectivity index is 1.58. The first-order valence-electron chi connectivity index (χ1n) is 6.96. The lowest BCUT2D eigenvalue weighted by molar-refractivity contribution is 0.222. The van der Waals surface area contributed by atoms with Crippen LogP contribution in [0.1, 0.15) is 24.1 Å². The van der Waals surface area contributed by atoms with Gasteiger partial charge >= 0.3 is 0 Å². The van der Waals surface area contributed by atoms with E-state index in [1.165, 1.54) is 11.1 Å². The van der Waals surface area contributed by atoms with Gasteiger partial charge in [0.25, 0.3) is 0 Å². The summed E-state index contributed by atoms with van der Waals surface area (Å²) in [5.41, 5.74) is 2.59. The largest absolute Gasteiger partial charge is 0.488 e. The predicted octanol–water partition coefficient (Wildman–Crippen LogP) is 4.10. The van der Waals surface area contributed by atoms with Crippen LogP contribution in [-0.2, 0) is 6.42 Å². The molecular formula is C17H18BrNO. The molecule has 2 aromatic carbocycles. The van der Waals surface area contributed by atoms with Crippen molar-refractivity contribution in [2.45, 2.75) is 25.5 Å². The molecule has 2 atom stereocenters. The smallest absolute Gasteiger partial charge is 0.123 e. The van der Waals surface area contributed by atoms with Crippen molar-refractivity contribution in [1.29, 1.82) is 0 Å². The van der Waals surface area contributed by atoms with E-state index in [0.29, 0.717) is 6.04 Å². The van der Waals surface area contributed by atoms with Crippen LogP contribution < -0.4 is 10.1 Å². The summed E-state index contributed by atoms with van der Waals surface area (Å²) in [6, 6.07) is 16.9. The standard InChI is InChI=1S/C17H18BrNO/c1-12(15-7-3-4-8-16(15)18)19-11-14-10-13-6-2-5-9-17(13)20-14/h2-9,12,14,19H,10-11H2,1H3/t12-,14?/m0/s1. The summed E-state index contributed by atoms with van der Waals surface area (Å²) in [7, 11) is 0. The van der Waals surface area contributed by atoms with Gasteiger partial charge in [-0.25, -0.2) is 0 Å². The highest BCUT2D eigenvalue weighted by Crippen LogP contribution is 2.28. The zero-order valence-electron chi connectivity index (χ0n) is 11.5. The lowest BCUT2D eigenvalue weighted by Gasteiger charge is -2.18. The highest BCUT2D eigenvalue weighted by atomic mass is 79.9. The monoisotopic (exact) mass is 331 g/mol. The Morgan fingerprint density at radius 2 is 1.95 bits per heavy atom. The van der Waals surface area contributed by atoms with E-state index < -0.39 is 0 Å². The molecule has 0 aliphatic carbocycles. The van der Waals surface area contributed by atoms with E-state index in [9.17, 15) is 0 Å². The molecule has 0 saturated heterocycles. The van der Waals surface area contributed by atoms with Crippen molar-refractivity contribution < 1.29 is 4.74 Å². The van der Waals surface area contributed by atoms with E-state index in [1.807, 2.05) is 18.2 Å². The molecule has 3 heteroatoms. The van der Waals surface area contributed by atoms with Gasteiger partial charge in [-0.15, -0.1) is 0 Å². The average molecular weight is 332 g/mol. The first-order valence-corrected chi connectivity index (χ1v) is 7.75. The van der Waals surface area contributed by atoms with Crippen LogP contribution in [0.2, 0.25) is 0 Å². The molecule has 0 spiro atoms. The topological polar surface area (TPSA) is 21.3 Å². The maximum absolute atomic E-state index is 5.95. The van der Waals surface area contributed by atoms with E-state index in [1.54, 1.807) is 0 Å². The van der Waals surface area contributed by atoms with Crippen molar-refractivity contribution in [2.75, 3.05) is 6.54 Å². The highest BCUT2D eigenvalue weighted by Gasteiger charge is 2.22. The van der Waals surface area contributed by atoms with Crippen LogP contribution in [-0.4, -0.2) is 12.6 Å². The minimum absolute atomic E-state index is 0.234. The maximum atomic E-state index is 5.95. The Hall–Kier alpha value is -1.32. The van der Waals surface area contributed by atoms with Crippen molar-refractivity contribution in [3.05, 3.63) is 64.1 Å². The van der Waals surface area contributed by atoms with Gasteiger partial charge in [0.05, 0.1) is 0 Å². The van der Waals surface area contributed by atoms with E-state index in [-0.39, 0.29) is 6.10 Å². The van der Waals surface area contributed by atoms with Crippen LogP contribution in [0.15, 0.2) is 53.0 Å². The second kappa shape index (κ2) is 5.98. The molecule has 0 fully saturated rings. The van der Waals surface area contributed by atoms with Gasteiger partial charge in [-0.1, -0.05) is 52.3 Å². The molecule has 2 nitrogen and oxygen atoms in total. The number of halogens is 1. The van der Waals surface area contributed by atoms with Crippen molar-refractivity contribution in [1.82, 2.24) is 5.32 Å². The van der Waals surface area contributed by atoms with Crippen molar-refractivity contribution in [3.8, 4) is 5.75 Å². The fourth-order valence-electron chi connectivity index (χ4n) is 2.61. The summed E-state index contributed by atoms with van der Waals surface area (Å²) in [5, 5.41) is 3.56. The number of para-hydroxylation sites is 1. The Labute approximate surface area is 128 Å². The average Bonchev–Trinajstić information content (AvgIpc) is 2.88. The first kappa shape index (κ1) is 13.7. The highest BCUT2D eigenvalue weighted by molar-refractivity contribution is 9.10. The van der Waals surface area contributed by atoms with Gasteiger partial charge in [0, 0.05) is 23.5 Å². The number of hydrogen-bond acceptors (Lipinski definition) is 2. The fraction of sp³-hybridized carbons (Fsp3) is 0.294. The third-order valence-corrected chi connectivity index (χ3v) is 4.46. The molecule has 1 heterocycles. The summed E-state index contributed by atoms with van der Waals surface area (Å²) in [5.74, 6) is 1.04. The zero-order chi connectivity index (χ0) is 13.9. The second-order valence-corrected chi connectivity index (χ2v) is 6.06. The third kappa shape index (κ3) is 2.89. The van der Waals surface area contributed by atoms with E-state index in [4.69, 9.17) is 4.74 Å². The van der Waals surface area contributed by atoms with Gasteiger partial charge < -0.3 is 10.1 Å². The molecule has 1 aliphatic rings. The number of fused-ring (bicyclic) bond motifs is 1. The zero-order valence-corrected chi connectivity index (χ0v) is 13.1.